The van der Waals surface area contributed by atoms with Crippen LogP contribution in [0.3, 0.4) is 0 Å². The zero-order valence-electron chi connectivity index (χ0n) is 22.1. The molecule has 4 aromatic carbocycles. The van der Waals surface area contributed by atoms with Crippen molar-refractivity contribution >= 4 is 28.5 Å². The van der Waals surface area contributed by atoms with Crippen LogP contribution in [0.2, 0.25) is 5.02 Å². The van der Waals surface area contributed by atoms with Gasteiger partial charge in [-0.2, -0.15) is 0 Å². The van der Waals surface area contributed by atoms with E-state index in [9.17, 15) is 9.18 Å². The largest absolute Gasteiger partial charge is 0.493 e. The van der Waals surface area contributed by atoms with Crippen molar-refractivity contribution in [3.8, 4) is 5.75 Å². The maximum absolute atomic E-state index is 14.5. The van der Waals surface area contributed by atoms with Gasteiger partial charge in [-0.05, 0) is 53.6 Å². The molecule has 7 heteroatoms. The molecule has 0 saturated heterocycles. The van der Waals surface area contributed by atoms with Crippen LogP contribution in [0.1, 0.15) is 38.8 Å². The first kappa shape index (κ1) is 27.4. The summed E-state index contributed by atoms with van der Waals surface area (Å²) >= 11 is 6.50. The maximum Gasteiger partial charge on any atom is 0.340 e. The van der Waals surface area contributed by atoms with Gasteiger partial charge in [0, 0.05) is 40.5 Å². The van der Waals surface area contributed by atoms with Crippen LogP contribution in [0.5, 0.6) is 5.75 Å². The van der Waals surface area contributed by atoms with E-state index >= 15 is 0 Å². The number of nitrogens with two attached hydrogens (primary N) is 1. The Balaban J connectivity index is 1.57. The fourth-order valence-electron chi connectivity index (χ4n) is 5.28. The Morgan fingerprint density at radius 2 is 1.60 bits per heavy atom. The van der Waals surface area contributed by atoms with Crippen LogP contribution in [-0.4, -0.2) is 30.8 Å². The number of carbonyl (C=O) groups is 1. The number of halogens is 2. The standard InChI is InChI=1S/C33H30ClFN2O3/c1-39-33(38)27-14-13-25(21-29(27)35)40-19-17-26-28-20-24(34)12-15-30(28)37(31(26)16-18-36)32(22-8-4-2-5-9-22)23-10-6-3-7-11-23/h2-15,20-21,32H,16-19,36H2,1H3. The minimum Gasteiger partial charge on any atom is -0.493 e. The van der Waals surface area contributed by atoms with Crippen molar-refractivity contribution in [2.75, 3.05) is 20.3 Å². The summed E-state index contributed by atoms with van der Waals surface area (Å²) in [5.74, 6) is -1.09. The van der Waals surface area contributed by atoms with E-state index < -0.39 is 11.8 Å². The summed E-state index contributed by atoms with van der Waals surface area (Å²) in [6.45, 7) is 0.760. The van der Waals surface area contributed by atoms with E-state index in [4.69, 9.17) is 22.1 Å². The second-order valence-corrected chi connectivity index (χ2v) is 9.89. The number of aromatic nitrogens is 1. The van der Waals surface area contributed by atoms with Crippen LogP contribution in [0, 0.1) is 5.82 Å². The molecular weight excluding hydrogens is 527 g/mol. The Morgan fingerprint density at radius 1 is 0.925 bits per heavy atom. The Morgan fingerprint density at radius 3 is 2.20 bits per heavy atom. The summed E-state index contributed by atoms with van der Waals surface area (Å²) in [7, 11) is 1.22. The summed E-state index contributed by atoms with van der Waals surface area (Å²) in [5, 5.41) is 1.67. The van der Waals surface area contributed by atoms with Gasteiger partial charge >= 0.3 is 5.97 Å². The topological polar surface area (TPSA) is 66.5 Å². The summed E-state index contributed by atoms with van der Waals surface area (Å²) in [6.07, 6.45) is 1.20. The lowest BCUT2D eigenvalue weighted by molar-refractivity contribution is 0.0595. The quantitative estimate of drug-likeness (QED) is 0.188. The van der Waals surface area contributed by atoms with Gasteiger partial charge in [-0.3, -0.25) is 0 Å². The highest BCUT2D eigenvalue weighted by Gasteiger charge is 2.25. The lowest BCUT2D eigenvalue weighted by Gasteiger charge is -2.25. The minimum atomic E-state index is -0.730. The maximum atomic E-state index is 14.5. The molecule has 0 atom stereocenters. The number of fused-ring (bicyclic) bond motifs is 1. The van der Waals surface area contributed by atoms with E-state index in [0.717, 1.165) is 33.3 Å². The number of nitrogens with zero attached hydrogens (tertiary/aromatic N) is 1. The van der Waals surface area contributed by atoms with Gasteiger partial charge in [0.25, 0.3) is 0 Å². The Kier molecular flexibility index (Phi) is 8.48. The van der Waals surface area contributed by atoms with E-state index in [1.54, 1.807) is 6.07 Å². The fraction of sp³-hybridized carbons (Fsp3) is 0.182. The van der Waals surface area contributed by atoms with Crippen LogP contribution >= 0.6 is 11.6 Å². The van der Waals surface area contributed by atoms with E-state index in [1.807, 2.05) is 24.3 Å². The lowest BCUT2D eigenvalue weighted by Crippen LogP contribution is -2.18. The molecule has 0 spiro atoms. The zero-order chi connectivity index (χ0) is 28.1. The third kappa shape index (κ3) is 5.60. The molecule has 0 bridgehead atoms. The number of methoxy groups -OCH3 is 1. The molecular formula is C33H30ClFN2O3. The van der Waals surface area contributed by atoms with Crippen molar-refractivity contribution in [1.82, 2.24) is 4.57 Å². The molecule has 0 saturated carbocycles. The number of hydrogen-bond acceptors (Lipinski definition) is 4. The van der Waals surface area contributed by atoms with Crippen LogP contribution in [0.15, 0.2) is 97.1 Å². The number of benzene rings is 4. The highest BCUT2D eigenvalue weighted by atomic mass is 35.5. The summed E-state index contributed by atoms with van der Waals surface area (Å²) < 4.78 is 27.4. The van der Waals surface area contributed by atoms with Gasteiger partial charge in [0.15, 0.2) is 0 Å². The van der Waals surface area contributed by atoms with E-state index in [0.29, 0.717) is 36.8 Å². The predicted octanol–water partition coefficient (Wildman–Crippen LogP) is 6.98. The predicted molar refractivity (Wildman–Crippen MR) is 157 cm³/mol. The molecule has 2 N–H and O–H groups in total. The Bertz CT molecular complexity index is 1580. The smallest absolute Gasteiger partial charge is 0.340 e. The van der Waals surface area contributed by atoms with Crippen LogP contribution in [-0.2, 0) is 17.6 Å². The highest BCUT2D eigenvalue weighted by Crippen LogP contribution is 2.37. The summed E-state index contributed by atoms with van der Waals surface area (Å²) in [4.78, 5) is 11.7. The van der Waals surface area contributed by atoms with Gasteiger partial charge < -0.3 is 19.8 Å². The normalized spacial score (nSPS) is 11.2. The van der Waals surface area contributed by atoms with Gasteiger partial charge in [-0.1, -0.05) is 72.3 Å². The van der Waals surface area contributed by atoms with Gasteiger partial charge in [-0.15, -0.1) is 0 Å². The van der Waals surface area contributed by atoms with Crippen LogP contribution in [0.25, 0.3) is 10.9 Å². The lowest BCUT2D eigenvalue weighted by atomic mass is 9.97. The number of carbonyl (C=O) groups excluding carboxylic acids is 1. The number of esters is 1. The third-order valence-corrected chi connectivity index (χ3v) is 7.25. The van der Waals surface area contributed by atoms with Crippen molar-refractivity contribution in [1.29, 1.82) is 0 Å². The molecule has 0 aliphatic heterocycles. The summed E-state index contributed by atoms with van der Waals surface area (Å²) in [6, 6.07) is 30.8. The first-order valence-corrected chi connectivity index (χ1v) is 13.5. The third-order valence-electron chi connectivity index (χ3n) is 7.02. The van der Waals surface area contributed by atoms with Crippen LogP contribution < -0.4 is 10.5 Å². The van der Waals surface area contributed by atoms with Crippen molar-refractivity contribution in [3.05, 3.63) is 136 Å². The fourth-order valence-corrected chi connectivity index (χ4v) is 5.45. The molecule has 0 fully saturated rings. The van der Waals surface area contributed by atoms with Crippen molar-refractivity contribution < 1.29 is 18.7 Å². The molecule has 5 nitrogen and oxygen atoms in total. The first-order valence-electron chi connectivity index (χ1n) is 13.1. The molecule has 0 unspecified atom stereocenters. The van der Waals surface area contributed by atoms with Gasteiger partial charge in [0.2, 0.25) is 0 Å². The average molecular weight is 557 g/mol. The molecule has 5 aromatic rings. The average Bonchev–Trinajstić information content (AvgIpc) is 3.26. The minimum absolute atomic E-state index is 0.0812. The van der Waals surface area contributed by atoms with E-state index in [1.165, 1.54) is 19.2 Å². The molecule has 1 heterocycles. The van der Waals surface area contributed by atoms with Gasteiger partial charge in [-0.25, -0.2) is 9.18 Å². The molecule has 0 amide bonds. The van der Waals surface area contributed by atoms with Gasteiger partial charge in [0.1, 0.15) is 11.6 Å². The molecule has 0 aliphatic carbocycles. The highest BCUT2D eigenvalue weighted by molar-refractivity contribution is 6.31. The van der Waals surface area contributed by atoms with Crippen molar-refractivity contribution in [3.63, 3.8) is 0 Å². The monoisotopic (exact) mass is 556 g/mol. The number of hydrogen-bond donors (Lipinski definition) is 1. The Labute approximate surface area is 237 Å². The van der Waals surface area contributed by atoms with Gasteiger partial charge in [0.05, 0.1) is 25.3 Å². The summed E-state index contributed by atoms with van der Waals surface area (Å²) in [5.41, 5.74) is 11.6. The first-order chi connectivity index (χ1) is 19.5. The molecule has 0 aliphatic rings. The zero-order valence-corrected chi connectivity index (χ0v) is 22.9. The SMILES string of the molecule is COC(=O)c1ccc(OCCc2c(CCN)n(C(c3ccccc3)c3ccccc3)c3ccc(Cl)cc23)cc1F. The van der Waals surface area contributed by atoms with Crippen molar-refractivity contribution in [2.24, 2.45) is 5.73 Å². The second kappa shape index (κ2) is 12.4. The van der Waals surface area contributed by atoms with E-state index in [2.05, 4.69) is 63.9 Å². The number of rotatable bonds is 10. The second-order valence-electron chi connectivity index (χ2n) is 9.45. The molecule has 5 rings (SSSR count). The van der Waals surface area contributed by atoms with Crippen LogP contribution in [0.4, 0.5) is 4.39 Å². The Hall–Kier alpha value is -4.13. The molecule has 40 heavy (non-hydrogen) atoms. The molecule has 0 radical (unpaired) electrons. The molecule has 204 valence electrons. The molecule has 1 aromatic heterocycles. The van der Waals surface area contributed by atoms with Crippen molar-refractivity contribution in [2.45, 2.75) is 18.9 Å². The number of ether oxygens (including phenoxy) is 2. The van der Waals surface area contributed by atoms with E-state index in [-0.39, 0.29) is 11.6 Å².